The van der Waals surface area contributed by atoms with E-state index in [2.05, 4.69) is 24.9 Å². The molecule has 2 aliphatic carbocycles. The first-order valence-corrected chi connectivity index (χ1v) is 14.3. The molecule has 0 radical (unpaired) electrons. The number of methoxy groups -OCH3 is 1. The fourth-order valence-corrected chi connectivity index (χ4v) is 7.70. The van der Waals surface area contributed by atoms with Crippen LogP contribution in [0.25, 0.3) is 0 Å². The van der Waals surface area contributed by atoms with Gasteiger partial charge in [-0.2, -0.15) is 0 Å². The van der Waals surface area contributed by atoms with Crippen LogP contribution in [0, 0.1) is 0 Å². The number of likely N-dealkylation sites (N-methyl/N-ethyl adjacent to an activating group) is 1. The fourth-order valence-electron chi connectivity index (χ4n) is 7.70. The Morgan fingerprint density at radius 1 is 1.08 bits per heavy atom. The van der Waals surface area contributed by atoms with Gasteiger partial charge in [0.1, 0.15) is 5.60 Å². The van der Waals surface area contributed by atoms with E-state index in [1.807, 2.05) is 6.07 Å². The summed E-state index contributed by atoms with van der Waals surface area (Å²) in [5, 5.41) is 0. The Morgan fingerprint density at radius 2 is 1.81 bits per heavy atom. The van der Waals surface area contributed by atoms with Crippen molar-refractivity contribution < 1.29 is 23.8 Å². The summed E-state index contributed by atoms with van der Waals surface area (Å²) in [4.78, 5) is 29.0. The van der Waals surface area contributed by atoms with E-state index >= 15 is 0 Å². The van der Waals surface area contributed by atoms with Gasteiger partial charge in [-0.05, 0) is 50.9 Å². The van der Waals surface area contributed by atoms with Gasteiger partial charge in [0.15, 0.2) is 23.4 Å². The van der Waals surface area contributed by atoms with Crippen molar-refractivity contribution in [2.75, 3.05) is 20.7 Å². The summed E-state index contributed by atoms with van der Waals surface area (Å²) < 4.78 is 18.7. The molecule has 0 unspecified atom stereocenters. The lowest BCUT2D eigenvalue weighted by Crippen LogP contribution is -2.77. The SMILES string of the molecule is CCCCCCCCCCCC(=O)O[C@@]12CCC(=O)[C@@H]3Oc4c(OC)ccc5c4[C@@]31CCN(C)[C@@H]2C5. The quantitative estimate of drug-likeness (QED) is 0.280. The summed E-state index contributed by atoms with van der Waals surface area (Å²) in [6.45, 7) is 3.10. The lowest BCUT2D eigenvalue weighted by atomic mass is 9.49. The molecule has 1 saturated carbocycles. The van der Waals surface area contributed by atoms with Gasteiger partial charge < -0.3 is 14.2 Å². The van der Waals surface area contributed by atoms with Crippen molar-refractivity contribution in [2.24, 2.45) is 0 Å². The lowest BCUT2D eigenvalue weighted by Gasteiger charge is -2.63. The standard InChI is InChI=1S/C30H43NO5/c1-4-5-6-7-8-9-10-11-12-13-25(33)36-30-17-16-22(32)28-29(30)18-19-31(2)24(30)20-21-14-15-23(34-3)27(35-28)26(21)29/h14-15,24,28H,4-13,16-20H2,1-3H3/t24-,28+,29+,30-/m1/s1. The van der Waals surface area contributed by atoms with Crippen LogP contribution in [-0.2, 0) is 26.2 Å². The third kappa shape index (κ3) is 3.95. The number of piperidine rings is 1. The van der Waals surface area contributed by atoms with Crippen molar-refractivity contribution in [3.63, 3.8) is 0 Å². The highest BCUT2D eigenvalue weighted by atomic mass is 16.6. The zero-order valence-electron chi connectivity index (χ0n) is 22.4. The first-order valence-electron chi connectivity index (χ1n) is 14.3. The molecular weight excluding hydrogens is 454 g/mol. The molecule has 6 nitrogen and oxygen atoms in total. The molecule has 0 N–H and O–H groups in total. The Morgan fingerprint density at radius 3 is 2.53 bits per heavy atom. The predicted molar refractivity (Wildman–Crippen MR) is 139 cm³/mol. The van der Waals surface area contributed by atoms with Gasteiger partial charge in [-0.15, -0.1) is 0 Å². The molecular formula is C30H43NO5. The molecule has 1 spiro atoms. The van der Waals surface area contributed by atoms with Crippen LogP contribution in [0.15, 0.2) is 12.1 Å². The summed E-state index contributed by atoms with van der Waals surface area (Å²) >= 11 is 0. The number of hydrogen-bond acceptors (Lipinski definition) is 6. The van der Waals surface area contributed by atoms with Crippen LogP contribution in [0.4, 0.5) is 0 Å². The maximum absolute atomic E-state index is 13.4. The normalized spacial score (nSPS) is 30.0. The number of hydrogen-bond donors (Lipinski definition) is 0. The number of Topliss-reactive ketones (excluding diaryl/α,β-unsaturated/α-hetero) is 1. The van der Waals surface area contributed by atoms with E-state index in [1.165, 1.54) is 50.5 Å². The minimum Gasteiger partial charge on any atom is -0.493 e. The van der Waals surface area contributed by atoms with Gasteiger partial charge in [0.25, 0.3) is 0 Å². The van der Waals surface area contributed by atoms with Crippen LogP contribution >= 0.6 is 0 Å². The van der Waals surface area contributed by atoms with E-state index in [0.717, 1.165) is 37.8 Å². The van der Waals surface area contributed by atoms with Crippen molar-refractivity contribution in [2.45, 2.75) is 120 Å². The molecule has 2 fully saturated rings. The van der Waals surface area contributed by atoms with Crippen LogP contribution in [0.3, 0.4) is 0 Å². The Hall–Kier alpha value is -2.08. The average Bonchev–Trinajstić information content (AvgIpc) is 3.23. The number of ether oxygens (including phenoxy) is 3. The van der Waals surface area contributed by atoms with Crippen molar-refractivity contribution in [1.29, 1.82) is 0 Å². The highest BCUT2D eigenvalue weighted by Crippen LogP contribution is 2.66. The molecule has 36 heavy (non-hydrogen) atoms. The van der Waals surface area contributed by atoms with Gasteiger partial charge >= 0.3 is 5.97 Å². The Bertz CT molecular complexity index is 992. The van der Waals surface area contributed by atoms with Crippen molar-refractivity contribution >= 4 is 11.8 Å². The largest absolute Gasteiger partial charge is 0.493 e. The summed E-state index contributed by atoms with van der Waals surface area (Å²) in [5.74, 6) is 1.36. The monoisotopic (exact) mass is 497 g/mol. The second-order valence-electron chi connectivity index (χ2n) is 11.5. The number of esters is 1. The molecule has 4 aliphatic rings. The van der Waals surface area contributed by atoms with Crippen LogP contribution in [0.2, 0.25) is 0 Å². The Labute approximate surface area is 216 Å². The zero-order valence-corrected chi connectivity index (χ0v) is 22.4. The smallest absolute Gasteiger partial charge is 0.306 e. The number of nitrogens with zero attached hydrogens (tertiary/aromatic N) is 1. The summed E-state index contributed by atoms with van der Waals surface area (Å²) in [5.41, 5.74) is 0.912. The highest BCUT2D eigenvalue weighted by Gasteiger charge is 2.75. The predicted octanol–water partition coefficient (Wildman–Crippen LogP) is 5.52. The van der Waals surface area contributed by atoms with Gasteiger partial charge in [-0.3, -0.25) is 14.5 Å². The summed E-state index contributed by atoms with van der Waals surface area (Å²) in [6.07, 6.45) is 13.3. The third-order valence-electron chi connectivity index (χ3n) is 9.47. The first kappa shape index (κ1) is 25.6. The number of carbonyl (C=O) groups excluding carboxylic acids is 2. The van der Waals surface area contributed by atoms with E-state index in [0.29, 0.717) is 30.8 Å². The van der Waals surface area contributed by atoms with Gasteiger partial charge in [-0.25, -0.2) is 0 Å². The lowest BCUT2D eigenvalue weighted by molar-refractivity contribution is -0.213. The number of carbonyl (C=O) groups is 2. The molecule has 1 aromatic carbocycles. The number of unbranched alkanes of at least 4 members (excludes halogenated alkanes) is 8. The summed E-state index contributed by atoms with van der Waals surface area (Å²) in [6, 6.07) is 4.11. The topological polar surface area (TPSA) is 65.1 Å². The molecule has 2 heterocycles. The average molecular weight is 498 g/mol. The molecule has 4 atom stereocenters. The van der Waals surface area contributed by atoms with E-state index in [4.69, 9.17) is 14.2 Å². The maximum Gasteiger partial charge on any atom is 0.306 e. The second-order valence-corrected chi connectivity index (χ2v) is 11.5. The van der Waals surface area contributed by atoms with Gasteiger partial charge in [-0.1, -0.05) is 64.4 Å². The molecule has 0 aromatic heterocycles. The number of ketones is 1. The Balaban J connectivity index is 1.33. The molecule has 2 bridgehead atoms. The van der Waals surface area contributed by atoms with Crippen LogP contribution in [0.1, 0.15) is 102 Å². The molecule has 0 amide bonds. The van der Waals surface area contributed by atoms with Gasteiger partial charge in [0.2, 0.25) is 0 Å². The van der Waals surface area contributed by atoms with Crippen LogP contribution in [0.5, 0.6) is 11.5 Å². The Kier molecular flexibility index (Phi) is 7.35. The van der Waals surface area contributed by atoms with Crippen molar-refractivity contribution in [3.8, 4) is 11.5 Å². The number of benzene rings is 1. The second kappa shape index (κ2) is 10.4. The fraction of sp³-hybridized carbons (Fsp3) is 0.733. The van der Waals surface area contributed by atoms with E-state index in [9.17, 15) is 9.59 Å². The minimum atomic E-state index is -0.737. The molecule has 198 valence electrons. The molecule has 6 heteroatoms. The van der Waals surface area contributed by atoms with E-state index in [-0.39, 0.29) is 17.8 Å². The number of likely N-dealkylation sites (tertiary alicyclic amines) is 1. The molecule has 1 saturated heterocycles. The zero-order chi connectivity index (χ0) is 25.3. The minimum absolute atomic E-state index is 0.0457. The first-order chi connectivity index (χ1) is 17.5. The van der Waals surface area contributed by atoms with Gasteiger partial charge in [0, 0.05) is 18.4 Å². The van der Waals surface area contributed by atoms with Crippen molar-refractivity contribution in [3.05, 3.63) is 23.3 Å². The molecule has 5 rings (SSSR count). The molecule has 1 aromatic rings. The third-order valence-corrected chi connectivity index (χ3v) is 9.47. The molecule has 2 aliphatic heterocycles. The van der Waals surface area contributed by atoms with E-state index in [1.54, 1.807) is 7.11 Å². The van der Waals surface area contributed by atoms with Crippen LogP contribution < -0.4 is 9.47 Å². The highest BCUT2D eigenvalue weighted by molar-refractivity contribution is 5.90. The van der Waals surface area contributed by atoms with Crippen LogP contribution in [-0.4, -0.2) is 55.1 Å². The summed E-state index contributed by atoms with van der Waals surface area (Å²) in [7, 11) is 3.77. The number of rotatable bonds is 12. The van der Waals surface area contributed by atoms with Crippen molar-refractivity contribution in [1.82, 2.24) is 4.90 Å². The van der Waals surface area contributed by atoms with Gasteiger partial charge in [0.05, 0.1) is 18.6 Å². The maximum atomic E-state index is 13.4. The van der Waals surface area contributed by atoms with E-state index < -0.39 is 17.1 Å².